The predicted octanol–water partition coefficient (Wildman–Crippen LogP) is 3.41. The molecule has 0 aliphatic carbocycles. The lowest BCUT2D eigenvalue weighted by molar-refractivity contribution is -0.259. The Balaban J connectivity index is 2.36. The van der Waals surface area contributed by atoms with Gasteiger partial charge in [-0.2, -0.15) is 13.2 Å². The van der Waals surface area contributed by atoms with Crippen molar-refractivity contribution in [3.63, 3.8) is 0 Å². The van der Waals surface area contributed by atoms with Crippen molar-refractivity contribution in [3.05, 3.63) is 54.2 Å². The number of anilines is 1. The number of nitrogens with one attached hydrogen (secondary N) is 2. The van der Waals surface area contributed by atoms with Crippen LogP contribution in [0.2, 0.25) is 0 Å². The van der Waals surface area contributed by atoms with Crippen LogP contribution in [0.15, 0.2) is 48.7 Å². The highest BCUT2D eigenvalue weighted by Crippen LogP contribution is 2.34. The fourth-order valence-corrected chi connectivity index (χ4v) is 2.11. The summed E-state index contributed by atoms with van der Waals surface area (Å²) in [5.74, 6) is -2.11. The molecular weight excluding hydrogens is 379 g/mol. The quantitative estimate of drug-likeness (QED) is 0.576. The third kappa shape index (κ3) is 4.90. The van der Waals surface area contributed by atoms with Gasteiger partial charge in [0.2, 0.25) is 0 Å². The number of nitrogens with zero attached hydrogens (tertiary/aromatic N) is 1. The molecule has 0 unspecified atom stereocenters. The lowest BCUT2D eigenvalue weighted by Gasteiger charge is -2.33. The van der Waals surface area contributed by atoms with Crippen molar-refractivity contribution in [2.45, 2.75) is 25.7 Å². The molecule has 10 heteroatoms. The minimum atomic E-state index is -5.33. The van der Waals surface area contributed by atoms with Gasteiger partial charge in [-0.15, -0.1) is 0 Å². The smallest absolute Gasteiger partial charge is 0.460 e. The number of amides is 2. The van der Waals surface area contributed by atoms with Crippen molar-refractivity contribution < 1.29 is 32.2 Å². The second kappa shape index (κ2) is 8.59. The molecule has 1 atom stereocenters. The number of halogens is 3. The molecule has 2 N–H and O–H groups in total. The molecule has 2 aromatic rings. The highest BCUT2D eigenvalue weighted by atomic mass is 19.4. The van der Waals surface area contributed by atoms with E-state index >= 15 is 0 Å². The molecule has 0 bridgehead atoms. The number of ether oxygens (including phenoxy) is 2. The van der Waals surface area contributed by atoms with Gasteiger partial charge in [0.1, 0.15) is 11.6 Å². The van der Waals surface area contributed by atoms with Crippen LogP contribution in [0.5, 0.6) is 5.75 Å². The van der Waals surface area contributed by atoms with Crippen molar-refractivity contribution in [1.29, 1.82) is 0 Å². The lowest BCUT2D eigenvalue weighted by Crippen LogP contribution is -2.69. The summed E-state index contributed by atoms with van der Waals surface area (Å²) < 4.78 is 51.2. The number of benzene rings is 1. The fourth-order valence-electron chi connectivity index (χ4n) is 2.11. The number of carbonyl (C=O) groups excluding carboxylic acids is 2. The van der Waals surface area contributed by atoms with Gasteiger partial charge in [0, 0.05) is 6.20 Å². The number of aromatic nitrogens is 1. The SMILES string of the molecule is CCOC(=O)[C@@](NC(=O)Nc1ccc(C)cn1)(Oc1ccccc1)C(F)(F)F. The van der Waals surface area contributed by atoms with Gasteiger partial charge in [0.15, 0.2) is 0 Å². The molecule has 2 rings (SSSR count). The maximum Gasteiger partial charge on any atom is 0.460 e. The van der Waals surface area contributed by atoms with Crippen molar-refractivity contribution >= 4 is 17.8 Å². The summed E-state index contributed by atoms with van der Waals surface area (Å²) >= 11 is 0. The van der Waals surface area contributed by atoms with Crippen LogP contribution in [0.3, 0.4) is 0 Å². The van der Waals surface area contributed by atoms with E-state index in [1.54, 1.807) is 24.4 Å². The first-order chi connectivity index (χ1) is 13.2. The number of para-hydroxylation sites is 1. The number of hydrogen-bond donors (Lipinski definition) is 2. The number of urea groups is 1. The third-order valence-electron chi connectivity index (χ3n) is 3.42. The highest BCUT2D eigenvalue weighted by molar-refractivity contribution is 5.93. The molecule has 28 heavy (non-hydrogen) atoms. The van der Waals surface area contributed by atoms with Crippen LogP contribution in [-0.4, -0.2) is 35.5 Å². The summed E-state index contributed by atoms with van der Waals surface area (Å²) in [5.41, 5.74) is -2.96. The zero-order valence-electron chi connectivity index (χ0n) is 15.0. The predicted molar refractivity (Wildman–Crippen MR) is 93.6 cm³/mol. The number of esters is 1. The molecule has 1 aromatic carbocycles. The van der Waals surface area contributed by atoms with E-state index in [0.717, 1.165) is 5.56 Å². The fraction of sp³-hybridized carbons (Fsp3) is 0.278. The summed E-state index contributed by atoms with van der Waals surface area (Å²) in [7, 11) is 0. The van der Waals surface area contributed by atoms with Gasteiger partial charge in [-0.1, -0.05) is 24.3 Å². The molecule has 0 spiro atoms. The average molecular weight is 397 g/mol. The minimum Gasteiger partial charge on any atom is -0.461 e. The van der Waals surface area contributed by atoms with E-state index in [0.29, 0.717) is 0 Å². The summed E-state index contributed by atoms with van der Waals surface area (Å²) in [6.07, 6.45) is -3.91. The zero-order chi connectivity index (χ0) is 20.8. The van der Waals surface area contributed by atoms with E-state index in [-0.39, 0.29) is 18.2 Å². The summed E-state index contributed by atoms with van der Waals surface area (Å²) in [4.78, 5) is 28.3. The van der Waals surface area contributed by atoms with Gasteiger partial charge in [-0.05, 0) is 37.6 Å². The van der Waals surface area contributed by atoms with Crippen LogP contribution in [0.1, 0.15) is 12.5 Å². The standard InChI is InChI=1S/C18H18F3N3O4/c1-3-27-15(25)17(18(19,20)21,28-13-7-5-4-6-8-13)24-16(26)23-14-10-9-12(2)11-22-14/h4-11H,3H2,1-2H3,(H2,22,23,24,26)/t17-/m1/s1. The van der Waals surface area contributed by atoms with E-state index in [9.17, 15) is 22.8 Å². The Morgan fingerprint density at radius 1 is 1.11 bits per heavy atom. The Kier molecular flexibility index (Phi) is 6.45. The number of hydrogen-bond acceptors (Lipinski definition) is 5. The zero-order valence-corrected chi connectivity index (χ0v) is 15.0. The van der Waals surface area contributed by atoms with Gasteiger partial charge < -0.3 is 9.47 Å². The van der Waals surface area contributed by atoms with Crippen molar-refractivity contribution in [2.24, 2.45) is 0 Å². The third-order valence-corrected chi connectivity index (χ3v) is 3.42. The van der Waals surface area contributed by atoms with E-state index in [2.05, 4.69) is 15.0 Å². The number of alkyl halides is 3. The molecule has 0 radical (unpaired) electrons. The molecule has 0 aliphatic rings. The van der Waals surface area contributed by atoms with E-state index in [1.807, 2.05) is 0 Å². The highest BCUT2D eigenvalue weighted by Gasteiger charge is 2.66. The van der Waals surface area contributed by atoms with Crippen molar-refractivity contribution in [3.8, 4) is 5.75 Å². The monoisotopic (exact) mass is 397 g/mol. The number of pyridine rings is 1. The second-order valence-corrected chi connectivity index (χ2v) is 5.61. The largest absolute Gasteiger partial charge is 0.461 e. The van der Waals surface area contributed by atoms with Gasteiger partial charge in [0.05, 0.1) is 6.61 Å². The maximum atomic E-state index is 13.9. The Bertz CT molecular complexity index is 813. The number of aryl methyl sites for hydroxylation is 1. The van der Waals surface area contributed by atoms with Crippen LogP contribution >= 0.6 is 0 Å². The lowest BCUT2D eigenvalue weighted by atomic mass is 10.2. The second-order valence-electron chi connectivity index (χ2n) is 5.61. The van der Waals surface area contributed by atoms with Crippen LogP contribution < -0.4 is 15.4 Å². The van der Waals surface area contributed by atoms with Gasteiger partial charge in [-0.3, -0.25) is 10.6 Å². The normalized spacial score (nSPS) is 13.2. The van der Waals surface area contributed by atoms with Crippen molar-refractivity contribution in [2.75, 3.05) is 11.9 Å². The topological polar surface area (TPSA) is 89.5 Å². The molecule has 2 amide bonds. The Hall–Kier alpha value is -3.30. The molecule has 150 valence electrons. The average Bonchev–Trinajstić information content (AvgIpc) is 2.63. The van der Waals surface area contributed by atoms with E-state index in [4.69, 9.17) is 4.74 Å². The van der Waals surface area contributed by atoms with Crippen molar-refractivity contribution in [1.82, 2.24) is 10.3 Å². The molecule has 1 aromatic heterocycles. The molecule has 0 saturated carbocycles. The Morgan fingerprint density at radius 2 is 1.79 bits per heavy atom. The first kappa shape index (κ1) is 21.0. The summed E-state index contributed by atoms with van der Waals surface area (Å²) in [5, 5.41) is 3.69. The van der Waals surface area contributed by atoms with E-state index < -0.39 is 23.9 Å². The molecule has 0 fully saturated rings. The number of rotatable bonds is 6. The molecule has 0 aliphatic heterocycles. The molecule has 7 nitrogen and oxygen atoms in total. The van der Waals surface area contributed by atoms with Crippen LogP contribution in [-0.2, 0) is 9.53 Å². The van der Waals surface area contributed by atoms with E-state index in [1.165, 1.54) is 43.5 Å². The van der Waals surface area contributed by atoms with Crippen LogP contribution in [0, 0.1) is 6.92 Å². The minimum absolute atomic E-state index is 0.0113. The first-order valence-electron chi connectivity index (χ1n) is 8.18. The number of carbonyl (C=O) groups is 2. The summed E-state index contributed by atoms with van der Waals surface area (Å²) in [6.45, 7) is 2.73. The summed E-state index contributed by atoms with van der Waals surface area (Å²) in [6, 6.07) is 8.45. The molecule has 1 heterocycles. The maximum absolute atomic E-state index is 13.9. The Morgan fingerprint density at radius 3 is 2.32 bits per heavy atom. The molecular formula is C18H18F3N3O4. The van der Waals surface area contributed by atoms with Gasteiger partial charge >= 0.3 is 23.9 Å². The Labute approximate surface area is 158 Å². The first-order valence-corrected chi connectivity index (χ1v) is 8.18. The van der Waals surface area contributed by atoms with Crippen LogP contribution in [0.25, 0.3) is 0 Å². The molecule has 0 saturated heterocycles. The van der Waals surface area contributed by atoms with Crippen LogP contribution in [0.4, 0.5) is 23.8 Å². The van der Waals surface area contributed by atoms with Gasteiger partial charge in [0.25, 0.3) is 0 Å². The van der Waals surface area contributed by atoms with Gasteiger partial charge in [-0.25, -0.2) is 14.6 Å².